The largest absolute Gasteiger partial charge is 0.416 e. The number of amides is 1. The molecule has 1 unspecified atom stereocenters. The highest BCUT2D eigenvalue weighted by Gasteiger charge is 2.31. The zero-order valence-corrected chi connectivity index (χ0v) is 14.8. The average Bonchev–Trinajstić information content (AvgIpc) is 2.48. The Morgan fingerprint density at radius 2 is 1.96 bits per heavy atom. The molecule has 1 rings (SSSR count). The van der Waals surface area contributed by atoms with Crippen LogP contribution in [-0.2, 0) is 15.7 Å². The quantitative estimate of drug-likeness (QED) is 0.693. The highest BCUT2D eigenvalue weighted by atomic mass is 35.5. The van der Waals surface area contributed by atoms with E-state index in [0.717, 1.165) is 12.1 Å². The predicted octanol–water partition coefficient (Wildman–Crippen LogP) is 3.18. The Labute approximate surface area is 146 Å². The lowest BCUT2D eigenvalue weighted by atomic mass is 9.94. The van der Waals surface area contributed by atoms with Crippen molar-refractivity contribution in [3.63, 3.8) is 0 Å². The Morgan fingerprint density at radius 1 is 1.29 bits per heavy atom. The molecule has 8 heteroatoms. The first-order valence-corrected chi connectivity index (χ1v) is 7.42. The van der Waals surface area contributed by atoms with Gasteiger partial charge in [-0.1, -0.05) is 26.0 Å². The molecule has 0 spiro atoms. The molecule has 0 saturated carbocycles. The minimum atomic E-state index is -4.40. The zero-order chi connectivity index (χ0) is 17.5. The van der Waals surface area contributed by atoms with Gasteiger partial charge in [0.05, 0.1) is 24.8 Å². The smallest absolute Gasteiger partial charge is 0.383 e. The van der Waals surface area contributed by atoms with Crippen LogP contribution < -0.4 is 10.6 Å². The summed E-state index contributed by atoms with van der Waals surface area (Å²) in [5.74, 6) is -0.307. The average molecular weight is 369 g/mol. The van der Waals surface area contributed by atoms with Gasteiger partial charge in [0, 0.05) is 13.7 Å². The predicted molar refractivity (Wildman–Crippen MR) is 89.2 cm³/mol. The van der Waals surface area contributed by atoms with Gasteiger partial charge < -0.3 is 15.4 Å². The number of alkyl halides is 3. The fourth-order valence-corrected chi connectivity index (χ4v) is 2.14. The van der Waals surface area contributed by atoms with Gasteiger partial charge in [0.1, 0.15) is 0 Å². The lowest BCUT2D eigenvalue weighted by Crippen LogP contribution is -2.39. The van der Waals surface area contributed by atoms with E-state index in [2.05, 4.69) is 10.6 Å². The number of carbonyl (C=O) groups is 1. The molecule has 2 N–H and O–H groups in total. The molecular formula is C16H24ClF3N2O2. The molecule has 0 fully saturated rings. The van der Waals surface area contributed by atoms with Crippen LogP contribution >= 0.6 is 12.4 Å². The van der Waals surface area contributed by atoms with Crippen LogP contribution in [-0.4, -0.2) is 32.7 Å². The van der Waals surface area contributed by atoms with Gasteiger partial charge in [-0.05, 0) is 23.6 Å². The van der Waals surface area contributed by atoms with Crippen molar-refractivity contribution in [3.05, 3.63) is 35.4 Å². The Kier molecular flexibility index (Phi) is 9.96. The third-order valence-electron chi connectivity index (χ3n) is 3.32. The van der Waals surface area contributed by atoms with Gasteiger partial charge in [0.2, 0.25) is 5.91 Å². The molecule has 0 bridgehead atoms. The molecule has 1 atom stereocenters. The van der Waals surface area contributed by atoms with Crippen molar-refractivity contribution in [2.45, 2.75) is 26.1 Å². The molecule has 1 amide bonds. The third-order valence-corrected chi connectivity index (χ3v) is 3.32. The van der Waals surface area contributed by atoms with E-state index in [0.29, 0.717) is 18.7 Å². The highest BCUT2D eigenvalue weighted by Crippen LogP contribution is 2.32. The molecule has 0 aliphatic rings. The van der Waals surface area contributed by atoms with Gasteiger partial charge in [0.15, 0.2) is 0 Å². The van der Waals surface area contributed by atoms with Gasteiger partial charge in [-0.25, -0.2) is 0 Å². The van der Waals surface area contributed by atoms with E-state index < -0.39 is 17.8 Å². The SMILES string of the molecule is COCCNCC(=O)NC(c1cccc(C(F)(F)F)c1)C(C)C.Cl. The van der Waals surface area contributed by atoms with E-state index in [9.17, 15) is 18.0 Å². The third kappa shape index (κ3) is 7.51. The first kappa shape index (κ1) is 22.7. The minimum absolute atomic E-state index is 0. The first-order valence-electron chi connectivity index (χ1n) is 7.42. The van der Waals surface area contributed by atoms with Gasteiger partial charge >= 0.3 is 6.18 Å². The molecule has 138 valence electrons. The van der Waals surface area contributed by atoms with Crippen molar-refractivity contribution in [3.8, 4) is 0 Å². The van der Waals surface area contributed by atoms with Gasteiger partial charge in [0.25, 0.3) is 0 Å². The first-order chi connectivity index (χ1) is 10.8. The second kappa shape index (κ2) is 10.5. The van der Waals surface area contributed by atoms with Gasteiger partial charge in [-0.3, -0.25) is 4.79 Å². The van der Waals surface area contributed by atoms with E-state index in [1.165, 1.54) is 6.07 Å². The number of benzene rings is 1. The maximum atomic E-state index is 12.8. The highest BCUT2D eigenvalue weighted by molar-refractivity contribution is 5.85. The van der Waals surface area contributed by atoms with Crippen LogP contribution in [0.15, 0.2) is 24.3 Å². The van der Waals surface area contributed by atoms with Crippen molar-refractivity contribution >= 4 is 18.3 Å². The zero-order valence-electron chi connectivity index (χ0n) is 13.9. The fraction of sp³-hybridized carbons (Fsp3) is 0.562. The van der Waals surface area contributed by atoms with Crippen LogP contribution in [0.2, 0.25) is 0 Å². The van der Waals surface area contributed by atoms with Crippen LogP contribution in [0.4, 0.5) is 13.2 Å². The molecule has 1 aromatic rings. The van der Waals surface area contributed by atoms with Crippen LogP contribution in [0.5, 0.6) is 0 Å². The molecule has 24 heavy (non-hydrogen) atoms. The molecule has 0 saturated heterocycles. The number of ether oxygens (including phenoxy) is 1. The summed E-state index contributed by atoms with van der Waals surface area (Å²) in [6.45, 7) is 4.80. The Morgan fingerprint density at radius 3 is 2.50 bits per heavy atom. The number of rotatable bonds is 8. The second-order valence-electron chi connectivity index (χ2n) is 5.58. The van der Waals surface area contributed by atoms with Gasteiger partial charge in [-0.15, -0.1) is 12.4 Å². The molecule has 0 aromatic heterocycles. The van der Waals surface area contributed by atoms with E-state index in [1.807, 2.05) is 13.8 Å². The normalized spacial score (nSPS) is 12.6. The summed E-state index contributed by atoms with van der Waals surface area (Å²) in [6, 6.07) is 4.59. The van der Waals surface area contributed by atoms with Crippen LogP contribution in [0.25, 0.3) is 0 Å². The second-order valence-corrected chi connectivity index (χ2v) is 5.58. The van der Waals surface area contributed by atoms with E-state index in [-0.39, 0.29) is 30.8 Å². The summed E-state index contributed by atoms with van der Waals surface area (Å²) >= 11 is 0. The molecule has 0 aliphatic carbocycles. The molecule has 1 aromatic carbocycles. The van der Waals surface area contributed by atoms with Crippen molar-refractivity contribution < 1.29 is 22.7 Å². The number of hydrogen-bond acceptors (Lipinski definition) is 3. The van der Waals surface area contributed by atoms with Crippen molar-refractivity contribution in [1.82, 2.24) is 10.6 Å². The Balaban J connectivity index is 0.00000529. The van der Waals surface area contributed by atoms with Crippen LogP contribution in [0, 0.1) is 5.92 Å². The van der Waals surface area contributed by atoms with E-state index >= 15 is 0 Å². The lowest BCUT2D eigenvalue weighted by molar-refractivity contribution is -0.137. The summed E-state index contributed by atoms with van der Waals surface area (Å²) in [6.07, 6.45) is -4.40. The van der Waals surface area contributed by atoms with Gasteiger partial charge in [-0.2, -0.15) is 13.2 Å². The molecule has 4 nitrogen and oxygen atoms in total. The number of nitrogens with one attached hydrogen (secondary N) is 2. The van der Waals surface area contributed by atoms with Crippen molar-refractivity contribution in [2.75, 3.05) is 26.8 Å². The van der Waals surface area contributed by atoms with E-state index in [1.54, 1.807) is 13.2 Å². The Bertz CT molecular complexity index is 510. The molecular weight excluding hydrogens is 345 g/mol. The molecule has 0 radical (unpaired) electrons. The summed E-state index contributed by atoms with van der Waals surface area (Å²) in [5.41, 5.74) is -0.270. The Hall–Kier alpha value is -1.31. The lowest BCUT2D eigenvalue weighted by Gasteiger charge is -2.24. The van der Waals surface area contributed by atoms with E-state index in [4.69, 9.17) is 4.74 Å². The van der Waals surface area contributed by atoms with Crippen molar-refractivity contribution in [2.24, 2.45) is 5.92 Å². The molecule has 0 heterocycles. The standard InChI is InChI=1S/C16H23F3N2O2.ClH/c1-11(2)15(21-14(22)10-20-7-8-23-3)12-5-4-6-13(9-12)16(17,18)19;/h4-6,9,11,15,20H,7-8,10H2,1-3H3,(H,21,22);1H. The topological polar surface area (TPSA) is 50.4 Å². The molecule has 0 aliphatic heterocycles. The number of halogens is 4. The monoisotopic (exact) mass is 368 g/mol. The van der Waals surface area contributed by atoms with Crippen LogP contribution in [0.1, 0.15) is 31.0 Å². The van der Waals surface area contributed by atoms with Crippen molar-refractivity contribution in [1.29, 1.82) is 0 Å². The maximum Gasteiger partial charge on any atom is 0.416 e. The summed E-state index contributed by atoms with van der Waals surface area (Å²) in [5, 5.41) is 5.68. The summed E-state index contributed by atoms with van der Waals surface area (Å²) in [4.78, 5) is 11.9. The number of methoxy groups -OCH3 is 1. The van der Waals surface area contributed by atoms with Crippen LogP contribution in [0.3, 0.4) is 0 Å². The minimum Gasteiger partial charge on any atom is -0.383 e. The summed E-state index contributed by atoms with van der Waals surface area (Å²) in [7, 11) is 1.56. The summed E-state index contributed by atoms with van der Waals surface area (Å²) < 4.78 is 43.3. The fourth-order valence-electron chi connectivity index (χ4n) is 2.14. The number of hydrogen-bond donors (Lipinski definition) is 2. The maximum absolute atomic E-state index is 12.8. The number of carbonyl (C=O) groups excluding carboxylic acids is 1.